The predicted octanol–water partition coefficient (Wildman–Crippen LogP) is 1.71. The zero-order valence-electron chi connectivity index (χ0n) is 9.55. The summed E-state index contributed by atoms with van der Waals surface area (Å²) in [6.07, 6.45) is 1.59. The Kier molecular flexibility index (Phi) is 3.10. The van der Waals surface area contributed by atoms with E-state index in [1.54, 1.807) is 19.9 Å². The van der Waals surface area contributed by atoms with Gasteiger partial charge in [0.05, 0.1) is 17.6 Å². The van der Waals surface area contributed by atoms with Crippen molar-refractivity contribution >= 4 is 0 Å². The second-order valence-corrected chi connectivity index (χ2v) is 3.87. The molecule has 0 aliphatic heterocycles. The van der Waals surface area contributed by atoms with E-state index >= 15 is 0 Å². The van der Waals surface area contributed by atoms with Crippen LogP contribution in [0.1, 0.15) is 28.6 Å². The van der Waals surface area contributed by atoms with Crippen LogP contribution >= 0.6 is 0 Å². The molecule has 2 heterocycles. The molecule has 0 aliphatic carbocycles. The van der Waals surface area contributed by atoms with E-state index in [1.807, 2.05) is 0 Å². The van der Waals surface area contributed by atoms with Crippen molar-refractivity contribution < 1.29 is 9.50 Å². The summed E-state index contributed by atoms with van der Waals surface area (Å²) < 4.78 is 13.0. The van der Waals surface area contributed by atoms with Gasteiger partial charge in [-0.05, 0) is 26.0 Å². The van der Waals surface area contributed by atoms with E-state index < -0.39 is 11.9 Å². The zero-order valence-corrected chi connectivity index (χ0v) is 9.55. The van der Waals surface area contributed by atoms with Gasteiger partial charge in [0.1, 0.15) is 11.9 Å². The Morgan fingerprint density at radius 1 is 1.18 bits per heavy atom. The summed E-state index contributed by atoms with van der Waals surface area (Å²) in [5.74, 6) is -0.474. The molecule has 0 aliphatic rings. The Morgan fingerprint density at radius 2 is 1.94 bits per heavy atom. The molecule has 0 spiro atoms. The molecule has 2 aromatic rings. The zero-order chi connectivity index (χ0) is 12.4. The van der Waals surface area contributed by atoms with E-state index in [0.717, 1.165) is 6.20 Å². The van der Waals surface area contributed by atoms with E-state index in [9.17, 15) is 9.50 Å². The molecule has 17 heavy (non-hydrogen) atoms. The largest absolute Gasteiger partial charge is 0.384 e. The van der Waals surface area contributed by atoms with Crippen molar-refractivity contribution in [3.05, 3.63) is 52.9 Å². The standard InChI is InChI=1S/C12H12FN3O/c1-7-3-11(8(2)16-15-7)12(17)9-4-10(13)6-14-5-9/h3-6,12,17H,1-2H3. The summed E-state index contributed by atoms with van der Waals surface area (Å²) in [4.78, 5) is 3.71. The average Bonchev–Trinajstić information content (AvgIpc) is 2.31. The Balaban J connectivity index is 2.43. The van der Waals surface area contributed by atoms with E-state index in [1.165, 1.54) is 12.3 Å². The van der Waals surface area contributed by atoms with E-state index in [2.05, 4.69) is 15.2 Å². The highest BCUT2D eigenvalue weighted by atomic mass is 19.1. The number of pyridine rings is 1. The second kappa shape index (κ2) is 4.55. The highest BCUT2D eigenvalue weighted by Crippen LogP contribution is 2.23. The lowest BCUT2D eigenvalue weighted by atomic mass is 10.0. The molecule has 1 unspecified atom stereocenters. The number of nitrogens with zero attached hydrogens (tertiary/aromatic N) is 3. The maximum atomic E-state index is 13.0. The number of hydrogen-bond donors (Lipinski definition) is 1. The van der Waals surface area contributed by atoms with Gasteiger partial charge in [0.2, 0.25) is 0 Å². The summed E-state index contributed by atoms with van der Waals surface area (Å²) in [5.41, 5.74) is 2.34. The average molecular weight is 233 g/mol. The first-order valence-electron chi connectivity index (χ1n) is 5.17. The number of hydrogen-bond acceptors (Lipinski definition) is 4. The molecule has 0 bridgehead atoms. The van der Waals surface area contributed by atoms with Crippen molar-refractivity contribution in [3.8, 4) is 0 Å². The third-order valence-corrected chi connectivity index (χ3v) is 2.48. The molecule has 0 amide bonds. The monoisotopic (exact) mass is 233 g/mol. The van der Waals surface area contributed by atoms with Gasteiger partial charge in [-0.15, -0.1) is 0 Å². The van der Waals surface area contributed by atoms with Crippen molar-refractivity contribution in [3.63, 3.8) is 0 Å². The first kappa shape index (κ1) is 11.6. The molecule has 0 saturated heterocycles. The van der Waals surface area contributed by atoms with Gasteiger partial charge in [0.15, 0.2) is 0 Å². The molecule has 1 atom stereocenters. The molecule has 0 saturated carbocycles. The Hall–Kier alpha value is -1.88. The quantitative estimate of drug-likeness (QED) is 0.857. The lowest BCUT2D eigenvalue weighted by Crippen LogP contribution is -2.06. The summed E-state index contributed by atoms with van der Waals surface area (Å²) in [5, 5.41) is 18.0. The molecule has 0 radical (unpaired) electrons. The fourth-order valence-corrected chi connectivity index (χ4v) is 1.60. The summed E-state index contributed by atoms with van der Waals surface area (Å²) in [6.45, 7) is 3.53. The van der Waals surface area contributed by atoms with Gasteiger partial charge in [-0.2, -0.15) is 10.2 Å². The number of aromatic nitrogens is 3. The van der Waals surface area contributed by atoms with Gasteiger partial charge in [-0.3, -0.25) is 4.98 Å². The van der Waals surface area contributed by atoms with Gasteiger partial charge >= 0.3 is 0 Å². The summed E-state index contributed by atoms with van der Waals surface area (Å²) in [6, 6.07) is 2.99. The van der Waals surface area contributed by atoms with E-state index in [0.29, 0.717) is 22.5 Å². The van der Waals surface area contributed by atoms with Gasteiger partial charge < -0.3 is 5.11 Å². The third-order valence-electron chi connectivity index (χ3n) is 2.48. The van der Waals surface area contributed by atoms with Gasteiger partial charge in [0, 0.05) is 17.3 Å². The molecule has 4 nitrogen and oxygen atoms in total. The van der Waals surface area contributed by atoms with Crippen LogP contribution in [0.15, 0.2) is 24.5 Å². The number of aliphatic hydroxyl groups excluding tert-OH is 1. The minimum absolute atomic E-state index is 0.403. The van der Waals surface area contributed by atoms with E-state index in [-0.39, 0.29) is 0 Å². The first-order chi connectivity index (χ1) is 8.08. The van der Waals surface area contributed by atoms with Crippen molar-refractivity contribution in [2.24, 2.45) is 0 Å². The maximum Gasteiger partial charge on any atom is 0.141 e. The minimum atomic E-state index is -0.938. The summed E-state index contributed by atoms with van der Waals surface area (Å²) >= 11 is 0. The smallest absolute Gasteiger partial charge is 0.141 e. The highest BCUT2D eigenvalue weighted by molar-refractivity contribution is 5.30. The van der Waals surface area contributed by atoms with Crippen molar-refractivity contribution in [2.75, 3.05) is 0 Å². The lowest BCUT2D eigenvalue weighted by Gasteiger charge is -2.13. The number of halogens is 1. The maximum absolute atomic E-state index is 13.0. The van der Waals surface area contributed by atoms with Crippen LogP contribution in [0.2, 0.25) is 0 Å². The van der Waals surface area contributed by atoms with Crippen LogP contribution in [-0.4, -0.2) is 20.3 Å². The minimum Gasteiger partial charge on any atom is -0.384 e. The van der Waals surface area contributed by atoms with Crippen LogP contribution < -0.4 is 0 Å². The van der Waals surface area contributed by atoms with Crippen LogP contribution in [0.25, 0.3) is 0 Å². The normalized spacial score (nSPS) is 12.5. The van der Waals surface area contributed by atoms with Crippen molar-refractivity contribution in [1.29, 1.82) is 0 Å². The topological polar surface area (TPSA) is 58.9 Å². The molecule has 0 aromatic carbocycles. The molecular formula is C12H12FN3O. The van der Waals surface area contributed by atoms with E-state index in [4.69, 9.17) is 0 Å². The molecule has 2 aromatic heterocycles. The first-order valence-corrected chi connectivity index (χ1v) is 5.17. The number of aryl methyl sites for hydroxylation is 2. The molecule has 2 rings (SSSR count). The predicted molar refractivity (Wildman–Crippen MR) is 59.8 cm³/mol. The molecule has 88 valence electrons. The van der Waals surface area contributed by atoms with Crippen LogP contribution in [0.3, 0.4) is 0 Å². The lowest BCUT2D eigenvalue weighted by molar-refractivity contribution is 0.217. The van der Waals surface area contributed by atoms with Crippen LogP contribution in [0.4, 0.5) is 4.39 Å². The molecule has 1 N–H and O–H groups in total. The van der Waals surface area contributed by atoms with Crippen LogP contribution in [0, 0.1) is 19.7 Å². The fraction of sp³-hybridized carbons (Fsp3) is 0.250. The molecular weight excluding hydrogens is 221 g/mol. The third kappa shape index (κ3) is 2.45. The Labute approximate surface area is 98.2 Å². The van der Waals surface area contributed by atoms with Crippen LogP contribution in [0.5, 0.6) is 0 Å². The van der Waals surface area contributed by atoms with Gasteiger partial charge in [-0.1, -0.05) is 0 Å². The number of rotatable bonds is 2. The van der Waals surface area contributed by atoms with Crippen molar-refractivity contribution in [1.82, 2.24) is 15.2 Å². The number of aliphatic hydroxyl groups is 1. The molecule has 5 heteroatoms. The van der Waals surface area contributed by atoms with Gasteiger partial charge in [0.25, 0.3) is 0 Å². The Bertz CT molecular complexity index is 545. The van der Waals surface area contributed by atoms with Crippen molar-refractivity contribution in [2.45, 2.75) is 20.0 Å². The SMILES string of the molecule is Cc1cc(C(O)c2cncc(F)c2)c(C)nn1. The second-order valence-electron chi connectivity index (χ2n) is 3.87. The molecule has 0 fully saturated rings. The van der Waals surface area contributed by atoms with Crippen LogP contribution in [-0.2, 0) is 0 Å². The van der Waals surface area contributed by atoms with Gasteiger partial charge in [-0.25, -0.2) is 4.39 Å². The highest BCUT2D eigenvalue weighted by Gasteiger charge is 2.15. The fourth-order valence-electron chi connectivity index (χ4n) is 1.60. The summed E-state index contributed by atoms with van der Waals surface area (Å²) in [7, 11) is 0. The Morgan fingerprint density at radius 3 is 2.65 bits per heavy atom.